The lowest BCUT2D eigenvalue weighted by Crippen LogP contribution is -2.27. The first-order valence-corrected chi connectivity index (χ1v) is 5.50. The first-order chi connectivity index (χ1) is 7.67. The van der Waals surface area contributed by atoms with Crippen molar-refractivity contribution in [2.75, 3.05) is 32.2 Å². The molecule has 16 heavy (non-hydrogen) atoms. The third-order valence-electron chi connectivity index (χ3n) is 2.96. The minimum atomic E-state index is 0.0790. The smallest absolute Gasteiger partial charge is 0.225 e. The molecule has 90 valence electrons. The van der Waals surface area contributed by atoms with E-state index in [0.717, 1.165) is 19.0 Å². The minimum absolute atomic E-state index is 0.0790. The average Bonchev–Trinajstić information content (AvgIpc) is 2.84. The molecule has 0 radical (unpaired) electrons. The molecule has 1 N–H and O–H groups in total. The van der Waals surface area contributed by atoms with E-state index in [1.165, 1.54) is 0 Å². The Morgan fingerprint density at radius 1 is 1.31 bits per heavy atom. The van der Waals surface area contributed by atoms with Gasteiger partial charge in [0.05, 0.1) is 0 Å². The van der Waals surface area contributed by atoms with Gasteiger partial charge in [0.25, 0.3) is 0 Å². The highest BCUT2D eigenvalue weighted by Gasteiger charge is 2.34. The molecule has 0 saturated carbocycles. The summed E-state index contributed by atoms with van der Waals surface area (Å²) in [5, 5.41) is 6.97. The van der Waals surface area contributed by atoms with E-state index in [-0.39, 0.29) is 12.2 Å². The number of hydrogen-bond donors (Lipinski definition) is 1. The third-order valence-corrected chi connectivity index (χ3v) is 3.33. The molecule has 1 saturated heterocycles. The summed E-state index contributed by atoms with van der Waals surface area (Å²) in [4.78, 5) is 2.11. The summed E-state index contributed by atoms with van der Waals surface area (Å²) in [7, 11) is 5.29. The molecule has 2 heterocycles. The van der Waals surface area contributed by atoms with Crippen molar-refractivity contribution in [2.24, 2.45) is 7.05 Å². The normalized spacial score (nSPS) is 25.3. The number of aromatic amines is 1. The fourth-order valence-electron chi connectivity index (χ4n) is 1.98. The quantitative estimate of drug-likeness (QED) is 0.776. The molecular weight excluding hydrogens is 228 g/mol. The molecule has 2 unspecified atom stereocenters. The van der Waals surface area contributed by atoms with Gasteiger partial charge in [-0.25, -0.2) is 5.10 Å². The standard InChI is InChI=1S/C9H16N4O2S/c1-12-8(10-11-9(12)16)13-4-6(14-2)7(5-13)15-3/h6-7H,4-5H2,1-3H3,(H,11,16). The fraction of sp³-hybridized carbons (Fsp3) is 0.778. The Morgan fingerprint density at radius 3 is 2.25 bits per heavy atom. The van der Waals surface area contributed by atoms with Crippen molar-refractivity contribution in [2.45, 2.75) is 12.2 Å². The Bertz CT molecular complexity index is 404. The van der Waals surface area contributed by atoms with Crippen LogP contribution in [-0.2, 0) is 16.5 Å². The van der Waals surface area contributed by atoms with Gasteiger partial charge in [0, 0.05) is 34.4 Å². The Balaban J connectivity index is 2.19. The minimum Gasteiger partial charge on any atom is -0.377 e. The topological polar surface area (TPSA) is 55.3 Å². The summed E-state index contributed by atoms with van der Waals surface area (Å²) in [5.74, 6) is 0.826. The van der Waals surface area contributed by atoms with Crippen LogP contribution in [0.4, 0.5) is 5.95 Å². The SMILES string of the molecule is COC1CN(c2n[nH]c(=S)n2C)CC1OC. The van der Waals surface area contributed by atoms with Crippen LogP contribution in [0, 0.1) is 4.77 Å². The van der Waals surface area contributed by atoms with Gasteiger partial charge in [0.1, 0.15) is 12.2 Å². The van der Waals surface area contributed by atoms with E-state index in [9.17, 15) is 0 Å². The van der Waals surface area contributed by atoms with Crippen LogP contribution in [0.25, 0.3) is 0 Å². The van der Waals surface area contributed by atoms with Crippen molar-refractivity contribution in [3.63, 3.8) is 0 Å². The lowest BCUT2D eigenvalue weighted by atomic mass is 10.3. The number of nitrogens with one attached hydrogen (secondary N) is 1. The van der Waals surface area contributed by atoms with Crippen LogP contribution in [0.1, 0.15) is 0 Å². The van der Waals surface area contributed by atoms with Crippen molar-refractivity contribution in [1.82, 2.24) is 14.8 Å². The summed E-state index contributed by atoms with van der Waals surface area (Å²) in [6, 6.07) is 0. The number of aromatic nitrogens is 3. The molecule has 2 rings (SSSR count). The second-order valence-electron chi connectivity index (χ2n) is 3.84. The highest BCUT2D eigenvalue weighted by atomic mass is 32.1. The van der Waals surface area contributed by atoms with Gasteiger partial charge in [-0.3, -0.25) is 4.57 Å². The zero-order valence-corrected chi connectivity index (χ0v) is 10.5. The summed E-state index contributed by atoms with van der Waals surface area (Å²) in [6.45, 7) is 1.53. The number of ether oxygens (including phenoxy) is 2. The van der Waals surface area contributed by atoms with E-state index < -0.39 is 0 Å². The number of H-pyrrole nitrogens is 1. The number of hydrogen-bond acceptors (Lipinski definition) is 5. The second-order valence-corrected chi connectivity index (χ2v) is 4.23. The predicted octanol–water partition coefficient (Wildman–Crippen LogP) is 0.328. The van der Waals surface area contributed by atoms with Gasteiger partial charge >= 0.3 is 0 Å². The maximum absolute atomic E-state index is 5.37. The molecule has 0 aromatic carbocycles. The molecule has 0 spiro atoms. The fourth-order valence-corrected chi connectivity index (χ4v) is 2.11. The van der Waals surface area contributed by atoms with E-state index in [1.807, 2.05) is 11.6 Å². The zero-order chi connectivity index (χ0) is 11.7. The van der Waals surface area contributed by atoms with E-state index in [0.29, 0.717) is 4.77 Å². The van der Waals surface area contributed by atoms with Crippen LogP contribution in [0.3, 0.4) is 0 Å². The van der Waals surface area contributed by atoms with Crippen LogP contribution < -0.4 is 4.90 Å². The van der Waals surface area contributed by atoms with Crippen LogP contribution in [-0.4, -0.2) is 54.3 Å². The summed E-state index contributed by atoms with van der Waals surface area (Å²) < 4.78 is 13.2. The first kappa shape index (κ1) is 11.6. The zero-order valence-electron chi connectivity index (χ0n) is 9.64. The first-order valence-electron chi connectivity index (χ1n) is 5.09. The Morgan fingerprint density at radius 2 is 1.88 bits per heavy atom. The maximum atomic E-state index is 5.37. The number of nitrogens with zero attached hydrogens (tertiary/aromatic N) is 3. The second kappa shape index (κ2) is 4.52. The Kier molecular flexibility index (Phi) is 3.27. The molecule has 0 bridgehead atoms. The van der Waals surface area contributed by atoms with E-state index >= 15 is 0 Å². The Hall–Kier alpha value is -0.920. The van der Waals surface area contributed by atoms with Crippen LogP contribution >= 0.6 is 12.2 Å². The molecule has 1 aliphatic rings. The van der Waals surface area contributed by atoms with E-state index in [1.54, 1.807) is 14.2 Å². The summed E-state index contributed by atoms with van der Waals surface area (Å²) in [5.41, 5.74) is 0. The van der Waals surface area contributed by atoms with Gasteiger partial charge in [0.2, 0.25) is 5.95 Å². The van der Waals surface area contributed by atoms with Gasteiger partial charge < -0.3 is 14.4 Å². The molecule has 1 aromatic heterocycles. The van der Waals surface area contributed by atoms with Gasteiger partial charge in [-0.05, 0) is 12.2 Å². The van der Waals surface area contributed by atoms with Crippen molar-refractivity contribution >= 4 is 18.2 Å². The highest BCUT2D eigenvalue weighted by molar-refractivity contribution is 7.71. The van der Waals surface area contributed by atoms with Crippen LogP contribution in [0.15, 0.2) is 0 Å². The summed E-state index contributed by atoms with van der Waals surface area (Å²) in [6.07, 6.45) is 0.158. The molecular formula is C9H16N4O2S. The molecule has 2 atom stereocenters. The van der Waals surface area contributed by atoms with Crippen LogP contribution in [0.5, 0.6) is 0 Å². The largest absolute Gasteiger partial charge is 0.377 e. The van der Waals surface area contributed by atoms with Crippen LogP contribution in [0.2, 0.25) is 0 Å². The number of methoxy groups -OCH3 is 2. The molecule has 0 amide bonds. The van der Waals surface area contributed by atoms with Crippen molar-refractivity contribution in [3.8, 4) is 0 Å². The molecule has 7 heteroatoms. The van der Waals surface area contributed by atoms with Crippen molar-refractivity contribution in [1.29, 1.82) is 0 Å². The van der Waals surface area contributed by atoms with E-state index in [4.69, 9.17) is 21.7 Å². The number of anilines is 1. The average molecular weight is 244 g/mol. The van der Waals surface area contributed by atoms with Gasteiger partial charge in [-0.2, -0.15) is 0 Å². The lowest BCUT2D eigenvalue weighted by Gasteiger charge is -2.15. The number of rotatable bonds is 3. The predicted molar refractivity (Wildman–Crippen MR) is 62.2 cm³/mol. The summed E-state index contributed by atoms with van der Waals surface area (Å²) >= 11 is 5.08. The van der Waals surface area contributed by atoms with Gasteiger partial charge in [-0.15, -0.1) is 5.10 Å². The lowest BCUT2D eigenvalue weighted by molar-refractivity contribution is -0.00461. The molecule has 0 aliphatic carbocycles. The highest BCUT2D eigenvalue weighted by Crippen LogP contribution is 2.21. The Labute approximate surface area is 99.2 Å². The van der Waals surface area contributed by atoms with Gasteiger partial charge in [0.15, 0.2) is 4.77 Å². The third kappa shape index (κ3) is 1.85. The molecule has 1 aromatic rings. The maximum Gasteiger partial charge on any atom is 0.225 e. The van der Waals surface area contributed by atoms with E-state index in [2.05, 4.69) is 15.1 Å². The molecule has 6 nitrogen and oxygen atoms in total. The van der Waals surface area contributed by atoms with Crippen molar-refractivity contribution < 1.29 is 9.47 Å². The molecule has 1 fully saturated rings. The monoisotopic (exact) mass is 244 g/mol. The molecule has 1 aliphatic heterocycles. The van der Waals surface area contributed by atoms with Crippen molar-refractivity contribution in [3.05, 3.63) is 4.77 Å². The van der Waals surface area contributed by atoms with Gasteiger partial charge in [-0.1, -0.05) is 0 Å².